The Morgan fingerprint density at radius 2 is 2.00 bits per heavy atom. The van der Waals surface area contributed by atoms with Crippen LogP contribution in [-0.2, 0) is 11.3 Å². The maximum Gasteiger partial charge on any atom is 0.0643 e. The van der Waals surface area contributed by atoms with Crippen LogP contribution in [0.1, 0.15) is 5.56 Å². The van der Waals surface area contributed by atoms with Gasteiger partial charge in [-0.2, -0.15) is 0 Å². The Bertz CT molecular complexity index is 269. The van der Waals surface area contributed by atoms with Crippen molar-refractivity contribution < 1.29 is 4.74 Å². The lowest BCUT2D eigenvalue weighted by Crippen LogP contribution is -2.45. The lowest BCUT2D eigenvalue weighted by molar-refractivity contribution is -0.00578. The molecule has 2 nitrogen and oxygen atoms in total. The Morgan fingerprint density at radius 1 is 1.31 bits per heavy atom. The lowest BCUT2D eigenvalue weighted by Gasteiger charge is -2.26. The molecule has 1 aliphatic heterocycles. The third kappa shape index (κ3) is 2.65. The van der Waals surface area contributed by atoms with Gasteiger partial charge in [0.05, 0.1) is 19.3 Å². The SMILES string of the molecule is Ic1ccc(CNC2COC2)cc1. The van der Waals surface area contributed by atoms with Crippen molar-refractivity contribution >= 4 is 22.6 Å². The summed E-state index contributed by atoms with van der Waals surface area (Å²) in [4.78, 5) is 0. The summed E-state index contributed by atoms with van der Waals surface area (Å²) in [7, 11) is 0. The Morgan fingerprint density at radius 3 is 2.54 bits per heavy atom. The summed E-state index contributed by atoms with van der Waals surface area (Å²) in [6.45, 7) is 2.68. The van der Waals surface area contributed by atoms with E-state index in [2.05, 4.69) is 52.2 Å². The zero-order valence-electron chi connectivity index (χ0n) is 7.29. The molecule has 0 radical (unpaired) electrons. The van der Waals surface area contributed by atoms with Crippen LogP contribution in [0.3, 0.4) is 0 Å². The molecule has 3 heteroatoms. The molecule has 1 saturated heterocycles. The number of hydrogen-bond donors (Lipinski definition) is 1. The summed E-state index contributed by atoms with van der Waals surface area (Å²) < 4.78 is 6.36. The Labute approximate surface area is 91.8 Å². The van der Waals surface area contributed by atoms with Crippen LogP contribution in [0.15, 0.2) is 24.3 Å². The Hall–Kier alpha value is -0.130. The van der Waals surface area contributed by atoms with Gasteiger partial charge in [-0.05, 0) is 40.3 Å². The first-order valence-corrected chi connectivity index (χ1v) is 5.48. The molecule has 1 aromatic carbocycles. The number of ether oxygens (including phenoxy) is 1. The van der Waals surface area contributed by atoms with Crippen LogP contribution in [0.25, 0.3) is 0 Å². The Kier molecular flexibility index (Phi) is 3.18. The first-order chi connectivity index (χ1) is 6.34. The van der Waals surface area contributed by atoms with Gasteiger partial charge < -0.3 is 10.1 Å². The largest absolute Gasteiger partial charge is 0.378 e. The summed E-state index contributed by atoms with van der Waals surface area (Å²) in [5.41, 5.74) is 1.34. The molecule has 70 valence electrons. The van der Waals surface area contributed by atoms with Gasteiger partial charge in [-0.15, -0.1) is 0 Å². The fourth-order valence-corrected chi connectivity index (χ4v) is 1.58. The van der Waals surface area contributed by atoms with Gasteiger partial charge in [-0.25, -0.2) is 0 Å². The van der Waals surface area contributed by atoms with Gasteiger partial charge in [0.25, 0.3) is 0 Å². The summed E-state index contributed by atoms with van der Waals surface area (Å²) in [5.74, 6) is 0. The van der Waals surface area contributed by atoms with Crippen molar-refractivity contribution in [3.05, 3.63) is 33.4 Å². The predicted octanol–water partition coefficient (Wildman–Crippen LogP) is 1.78. The van der Waals surface area contributed by atoms with Gasteiger partial charge >= 0.3 is 0 Å². The third-order valence-electron chi connectivity index (χ3n) is 2.15. The highest BCUT2D eigenvalue weighted by Gasteiger charge is 2.16. The quantitative estimate of drug-likeness (QED) is 0.856. The molecular weight excluding hydrogens is 277 g/mol. The van der Waals surface area contributed by atoms with E-state index in [-0.39, 0.29) is 0 Å². The lowest BCUT2D eigenvalue weighted by atomic mass is 10.2. The molecule has 0 atom stereocenters. The molecule has 2 rings (SSSR count). The molecule has 0 unspecified atom stereocenters. The van der Waals surface area contributed by atoms with Crippen molar-refractivity contribution in [1.82, 2.24) is 5.32 Å². The van der Waals surface area contributed by atoms with Gasteiger partial charge in [0.2, 0.25) is 0 Å². The molecular formula is C10H12INO. The van der Waals surface area contributed by atoms with Gasteiger partial charge in [0.1, 0.15) is 0 Å². The standard InChI is InChI=1S/C10H12INO/c11-9-3-1-8(2-4-9)5-12-10-6-13-7-10/h1-4,10,12H,5-7H2. The molecule has 1 fully saturated rings. The van der Waals surface area contributed by atoms with E-state index in [0.717, 1.165) is 19.8 Å². The van der Waals surface area contributed by atoms with Gasteiger partial charge in [-0.3, -0.25) is 0 Å². The number of rotatable bonds is 3. The number of hydrogen-bond acceptors (Lipinski definition) is 2. The predicted molar refractivity (Wildman–Crippen MR) is 60.6 cm³/mol. The highest BCUT2D eigenvalue weighted by Crippen LogP contribution is 2.07. The van der Waals surface area contributed by atoms with E-state index < -0.39 is 0 Å². The second kappa shape index (κ2) is 4.39. The smallest absolute Gasteiger partial charge is 0.0643 e. The van der Waals surface area contributed by atoms with Crippen molar-refractivity contribution in [2.75, 3.05) is 13.2 Å². The van der Waals surface area contributed by atoms with E-state index in [1.54, 1.807) is 0 Å². The third-order valence-corrected chi connectivity index (χ3v) is 2.87. The first kappa shape index (κ1) is 9.43. The molecule has 13 heavy (non-hydrogen) atoms. The molecule has 1 aliphatic rings. The van der Waals surface area contributed by atoms with Crippen molar-refractivity contribution in [3.63, 3.8) is 0 Å². The normalized spacial score (nSPS) is 17.0. The first-order valence-electron chi connectivity index (χ1n) is 4.40. The van der Waals surface area contributed by atoms with Crippen LogP contribution in [-0.4, -0.2) is 19.3 Å². The van der Waals surface area contributed by atoms with Crippen LogP contribution >= 0.6 is 22.6 Å². The topological polar surface area (TPSA) is 21.3 Å². The van der Waals surface area contributed by atoms with Crippen molar-refractivity contribution in [1.29, 1.82) is 0 Å². The molecule has 0 bridgehead atoms. The number of halogens is 1. The van der Waals surface area contributed by atoms with E-state index in [1.165, 1.54) is 9.13 Å². The molecule has 1 aromatic rings. The second-order valence-electron chi connectivity index (χ2n) is 3.24. The van der Waals surface area contributed by atoms with Crippen LogP contribution in [0.4, 0.5) is 0 Å². The van der Waals surface area contributed by atoms with Crippen LogP contribution in [0.5, 0.6) is 0 Å². The minimum absolute atomic E-state index is 0.569. The summed E-state index contributed by atoms with van der Waals surface area (Å²) in [6.07, 6.45) is 0. The fourth-order valence-electron chi connectivity index (χ4n) is 1.22. The van der Waals surface area contributed by atoms with Gasteiger partial charge in [0.15, 0.2) is 0 Å². The zero-order valence-corrected chi connectivity index (χ0v) is 9.45. The van der Waals surface area contributed by atoms with E-state index in [9.17, 15) is 0 Å². The van der Waals surface area contributed by atoms with Gasteiger partial charge in [0, 0.05) is 10.1 Å². The molecule has 0 amide bonds. The van der Waals surface area contributed by atoms with Crippen LogP contribution in [0, 0.1) is 3.57 Å². The van der Waals surface area contributed by atoms with Gasteiger partial charge in [-0.1, -0.05) is 12.1 Å². The number of nitrogens with one attached hydrogen (secondary N) is 1. The summed E-state index contributed by atoms with van der Waals surface area (Å²) in [5, 5.41) is 3.43. The number of benzene rings is 1. The van der Waals surface area contributed by atoms with Crippen molar-refractivity contribution in [2.24, 2.45) is 0 Å². The van der Waals surface area contributed by atoms with Crippen LogP contribution in [0.2, 0.25) is 0 Å². The molecule has 0 aromatic heterocycles. The van der Waals surface area contributed by atoms with Crippen molar-refractivity contribution in [3.8, 4) is 0 Å². The second-order valence-corrected chi connectivity index (χ2v) is 4.49. The highest BCUT2D eigenvalue weighted by molar-refractivity contribution is 14.1. The van der Waals surface area contributed by atoms with Crippen LogP contribution < -0.4 is 5.32 Å². The molecule has 0 saturated carbocycles. The highest BCUT2D eigenvalue weighted by atomic mass is 127. The monoisotopic (exact) mass is 289 g/mol. The maximum absolute atomic E-state index is 5.08. The summed E-state index contributed by atoms with van der Waals surface area (Å²) >= 11 is 2.32. The molecule has 1 N–H and O–H groups in total. The summed E-state index contributed by atoms with van der Waals surface area (Å²) in [6, 6.07) is 9.16. The fraction of sp³-hybridized carbons (Fsp3) is 0.400. The molecule has 1 heterocycles. The van der Waals surface area contributed by atoms with E-state index in [0.29, 0.717) is 6.04 Å². The Balaban J connectivity index is 1.83. The van der Waals surface area contributed by atoms with Crippen molar-refractivity contribution in [2.45, 2.75) is 12.6 Å². The van der Waals surface area contributed by atoms with E-state index in [4.69, 9.17) is 4.74 Å². The van der Waals surface area contributed by atoms with E-state index in [1.807, 2.05) is 0 Å². The molecule has 0 spiro atoms. The van der Waals surface area contributed by atoms with E-state index >= 15 is 0 Å². The average molecular weight is 289 g/mol. The average Bonchev–Trinajstić information content (AvgIpc) is 2.05. The molecule has 0 aliphatic carbocycles. The maximum atomic E-state index is 5.08. The minimum Gasteiger partial charge on any atom is -0.378 e. The minimum atomic E-state index is 0.569. The zero-order chi connectivity index (χ0) is 9.10.